The van der Waals surface area contributed by atoms with E-state index in [1.165, 1.54) is 17.5 Å². The van der Waals surface area contributed by atoms with Crippen molar-refractivity contribution in [3.05, 3.63) is 34.9 Å². The van der Waals surface area contributed by atoms with Crippen LogP contribution in [-0.4, -0.2) is 11.1 Å². The van der Waals surface area contributed by atoms with Crippen molar-refractivity contribution in [3.63, 3.8) is 0 Å². The molecule has 1 aromatic carbocycles. The predicted octanol–water partition coefficient (Wildman–Crippen LogP) is 2.83. The normalized spacial score (nSPS) is 23.1. The summed E-state index contributed by atoms with van der Waals surface area (Å²) in [6.07, 6.45) is 3.53. The largest absolute Gasteiger partial charge is 0.481 e. The smallest absolute Gasteiger partial charge is 0.307 e. The van der Waals surface area contributed by atoms with Crippen LogP contribution in [0.25, 0.3) is 0 Å². The van der Waals surface area contributed by atoms with Crippen molar-refractivity contribution in [2.75, 3.05) is 0 Å². The molecule has 0 amide bonds. The van der Waals surface area contributed by atoms with Crippen LogP contribution >= 0.6 is 0 Å². The molecule has 0 bridgehead atoms. The molecule has 0 aliphatic heterocycles. The number of carboxylic acids is 1. The highest BCUT2D eigenvalue weighted by atomic mass is 16.4. The first kappa shape index (κ1) is 11.2. The second-order valence-electron chi connectivity index (χ2n) is 5.19. The molecule has 86 valence electrons. The SMILES string of the molecule is CCC1(C)Cc2ccc(CC(=O)O)cc2C1. The van der Waals surface area contributed by atoms with Crippen LogP contribution in [0.2, 0.25) is 0 Å². The Morgan fingerprint density at radius 3 is 2.69 bits per heavy atom. The Morgan fingerprint density at radius 2 is 2.06 bits per heavy atom. The average molecular weight is 218 g/mol. The van der Waals surface area contributed by atoms with Gasteiger partial charge in [-0.1, -0.05) is 38.5 Å². The number of aliphatic carboxylic acids is 1. The van der Waals surface area contributed by atoms with Crippen molar-refractivity contribution in [1.82, 2.24) is 0 Å². The van der Waals surface area contributed by atoms with Gasteiger partial charge in [0.1, 0.15) is 0 Å². The Morgan fingerprint density at radius 1 is 1.38 bits per heavy atom. The summed E-state index contributed by atoms with van der Waals surface area (Å²) < 4.78 is 0. The van der Waals surface area contributed by atoms with E-state index in [-0.39, 0.29) is 6.42 Å². The topological polar surface area (TPSA) is 37.3 Å². The number of benzene rings is 1. The van der Waals surface area contributed by atoms with E-state index in [9.17, 15) is 4.79 Å². The van der Waals surface area contributed by atoms with Gasteiger partial charge in [-0.3, -0.25) is 4.79 Å². The number of carboxylic acid groups (broad SMARTS) is 1. The molecule has 0 heterocycles. The number of hydrogen-bond acceptors (Lipinski definition) is 1. The summed E-state index contributed by atoms with van der Waals surface area (Å²) in [4.78, 5) is 10.7. The Kier molecular flexibility index (Phi) is 2.75. The Bertz CT molecular complexity index is 423. The molecule has 1 aliphatic carbocycles. The van der Waals surface area contributed by atoms with Crippen molar-refractivity contribution in [3.8, 4) is 0 Å². The summed E-state index contributed by atoms with van der Waals surface area (Å²) in [5, 5.41) is 8.76. The van der Waals surface area contributed by atoms with Crippen molar-refractivity contribution in [2.45, 2.75) is 39.5 Å². The molecule has 0 saturated heterocycles. The molecule has 2 rings (SSSR count). The van der Waals surface area contributed by atoms with Crippen molar-refractivity contribution < 1.29 is 9.90 Å². The zero-order valence-corrected chi connectivity index (χ0v) is 9.92. The molecule has 1 aromatic rings. The third-order valence-corrected chi connectivity index (χ3v) is 3.71. The molecule has 0 spiro atoms. The second kappa shape index (κ2) is 3.93. The van der Waals surface area contributed by atoms with Gasteiger partial charge in [0.15, 0.2) is 0 Å². The average Bonchev–Trinajstić information content (AvgIpc) is 2.54. The van der Waals surface area contributed by atoms with Crippen LogP contribution in [0.1, 0.15) is 37.0 Å². The standard InChI is InChI=1S/C14H18O2/c1-3-14(2)8-11-5-4-10(7-13(15)16)6-12(11)9-14/h4-6H,3,7-9H2,1-2H3,(H,15,16). The lowest BCUT2D eigenvalue weighted by Gasteiger charge is -2.20. The van der Waals surface area contributed by atoms with Gasteiger partial charge in [-0.05, 0) is 34.9 Å². The van der Waals surface area contributed by atoms with E-state index < -0.39 is 5.97 Å². The zero-order chi connectivity index (χ0) is 11.8. The first-order chi connectivity index (χ1) is 7.52. The molecular formula is C14H18O2. The van der Waals surface area contributed by atoms with E-state index in [2.05, 4.69) is 26.0 Å². The van der Waals surface area contributed by atoms with E-state index in [0.29, 0.717) is 5.41 Å². The Hall–Kier alpha value is -1.31. The highest BCUT2D eigenvalue weighted by molar-refractivity contribution is 5.70. The van der Waals surface area contributed by atoms with Gasteiger partial charge in [0.2, 0.25) is 0 Å². The van der Waals surface area contributed by atoms with E-state index in [0.717, 1.165) is 18.4 Å². The lowest BCUT2D eigenvalue weighted by atomic mass is 9.85. The molecule has 1 N–H and O–H groups in total. The Labute approximate surface area is 96.3 Å². The van der Waals surface area contributed by atoms with E-state index in [4.69, 9.17) is 5.11 Å². The molecule has 2 heteroatoms. The maximum Gasteiger partial charge on any atom is 0.307 e. The first-order valence-electron chi connectivity index (χ1n) is 5.85. The molecule has 2 nitrogen and oxygen atoms in total. The highest BCUT2D eigenvalue weighted by Crippen LogP contribution is 2.39. The number of carbonyl (C=O) groups is 1. The summed E-state index contributed by atoms with van der Waals surface area (Å²) in [5.41, 5.74) is 4.05. The zero-order valence-electron chi connectivity index (χ0n) is 9.92. The minimum absolute atomic E-state index is 0.135. The van der Waals surface area contributed by atoms with Crippen LogP contribution < -0.4 is 0 Å². The molecule has 0 fully saturated rings. The Balaban J connectivity index is 2.24. The van der Waals surface area contributed by atoms with E-state index in [1.54, 1.807) is 0 Å². The maximum atomic E-state index is 10.7. The van der Waals surface area contributed by atoms with Gasteiger partial charge in [0.25, 0.3) is 0 Å². The summed E-state index contributed by atoms with van der Waals surface area (Å²) >= 11 is 0. The fraction of sp³-hybridized carbons (Fsp3) is 0.500. The molecule has 1 atom stereocenters. The van der Waals surface area contributed by atoms with Crippen LogP contribution in [0.3, 0.4) is 0 Å². The van der Waals surface area contributed by atoms with Crippen LogP contribution in [-0.2, 0) is 24.1 Å². The summed E-state index contributed by atoms with van der Waals surface area (Å²) in [6, 6.07) is 6.13. The van der Waals surface area contributed by atoms with Crippen LogP contribution in [0.5, 0.6) is 0 Å². The lowest BCUT2D eigenvalue weighted by Crippen LogP contribution is -2.14. The number of fused-ring (bicyclic) bond motifs is 1. The lowest BCUT2D eigenvalue weighted by molar-refractivity contribution is -0.136. The molecule has 0 aromatic heterocycles. The number of hydrogen-bond donors (Lipinski definition) is 1. The van der Waals surface area contributed by atoms with Crippen LogP contribution in [0.4, 0.5) is 0 Å². The van der Waals surface area contributed by atoms with Gasteiger partial charge in [-0.15, -0.1) is 0 Å². The van der Waals surface area contributed by atoms with Gasteiger partial charge in [0, 0.05) is 0 Å². The summed E-state index contributed by atoms with van der Waals surface area (Å²) in [7, 11) is 0. The summed E-state index contributed by atoms with van der Waals surface area (Å²) in [5.74, 6) is -0.754. The van der Waals surface area contributed by atoms with E-state index in [1.807, 2.05) is 6.07 Å². The fourth-order valence-corrected chi connectivity index (χ4v) is 2.53. The van der Waals surface area contributed by atoms with Crippen molar-refractivity contribution >= 4 is 5.97 Å². The molecule has 16 heavy (non-hydrogen) atoms. The van der Waals surface area contributed by atoms with Crippen molar-refractivity contribution in [1.29, 1.82) is 0 Å². The molecule has 0 saturated carbocycles. The molecule has 1 aliphatic rings. The van der Waals surface area contributed by atoms with Gasteiger partial charge >= 0.3 is 5.97 Å². The minimum atomic E-state index is -0.754. The van der Waals surface area contributed by atoms with Crippen LogP contribution in [0, 0.1) is 5.41 Å². The minimum Gasteiger partial charge on any atom is -0.481 e. The van der Waals surface area contributed by atoms with Crippen LogP contribution in [0.15, 0.2) is 18.2 Å². The monoisotopic (exact) mass is 218 g/mol. The summed E-state index contributed by atoms with van der Waals surface area (Å²) in [6.45, 7) is 4.54. The second-order valence-corrected chi connectivity index (χ2v) is 5.19. The van der Waals surface area contributed by atoms with E-state index >= 15 is 0 Å². The first-order valence-corrected chi connectivity index (χ1v) is 5.85. The van der Waals surface area contributed by atoms with Gasteiger partial charge in [-0.2, -0.15) is 0 Å². The fourth-order valence-electron chi connectivity index (χ4n) is 2.53. The third-order valence-electron chi connectivity index (χ3n) is 3.71. The highest BCUT2D eigenvalue weighted by Gasteiger charge is 2.31. The number of rotatable bonds is 3. The predicted molar refractivity (Wildman–Crippen MR) is 63.6 cm³/mol. The van der Waals surface area contributed by atoms with Gasteiger partial charge in [0.05, 0.1) is 6.42 Å². The van der Waals surface area contributed by atoms with Gasteiger partial charge < -0.3 is 5.11 Å². The van der Waals surface area contributed by atoms with Gasteiger partial charge in [-0.25, -0.2) is 0 Å². The van der Waals surface area contributed by atoms with Crippen molar-refractivity contribution in [2.24, 2.45) is 5.41 Å². The quantitative estimate of drug-likeness (QED) is 0.847. The molecular weight excluding hydrogens is 200 g/mol. The third kappa shape index (κ3) is 2.11. The maximum absolute atomic E-state index is 10.7. The molecule has 1 unspecified atom stereocenters. The molecule has 0 radical (unpaired) electrons.